The average molecular weight is 464 g/mol. The number of esters is 1. The minimum atomic E-state index is -1.82. The molecule has 2 aliphatic heterocycles. The summed E-state index contributed by atoms with van der Waals surface area (Å²) >= 11 is 0. The Morgan fingerprint density at radius 2 is 1.97 bits per heavy atom. The summed E-state index contributed by atoms with van der Waals surface area (Å²) in [5, 5.41) is 12.1. The fourth-order valence-electron chi connectivity index (χ4n) is 4.96. The van der Waals surface area contributed by atoms with Gasteiger partial charge >= 0.3 is 5.97 Å². The van der Waals surface area contributed by atoms with Gasteiger partial charge in [-0.1, -0.05) is 32.6 Å². The van der Waals surface area contributed by atoms with Crippen LogP contribution in [-0.4, -0.2) is 28.7 Å². The fourth-order valence-corrected chi connectivity index (χ4v) is 5.96. The second kappa shape index (κ2) is 7.26. The van der Waals surface area contributed by atoms with Crippen molar-refractivity contribution in [1.82, 2.24) is 9.55 Å². The van der Waals surface area contributed by atoms with E-state index in [1.54, 1.807) is 17.6 Å². The third-order valence-electron chi connectivity index (χ3n) is 6.95. The number of ether oxygens (including phenoxy) is 1. The summed E-state index contributed by atoms with van der Waals surface area (Å²) in [5.41, 5.74) is 9.86. The fraction of sp³-hybridized carbons (Fsp3) is 0.400. The molecule has 3 aromatic rings. The molecule has 0 unspecified atom stereocenters. The zero-order valence-corrected chi connectivity index (χ0v) is 20.5. The zero-order chi connectivity index (χ0) is 23.7. The van der Waals surface area contributed by atoms with Crippen molar-refractivity contribution in [3.63, 3.8) is 0 Å². The van der Waals surface area contributed by atoms with Crippen LogP contribution < -0.4 is 11.3 Å². The van der Waals surface area contributed by atoms with Gasteiger partial charge in [-0.2, -0.15) is 0 Å². The molecule has 2 aromatic heterocycles. The predicted molar refractivity (Wildman–Crippen MR) is 131 cm³/mol. The van der Waals surface area contributed by atoms with E-state index in [2.05, 4.69) is 19.6 Å². The van der Waals surface area contributed by atoms with Crippen LogP contribution in [0.2, 0.25) is 25.7 Å². The number of nitrogen functional groups attached to an aromatic ring is 1. The third kappa shape index (κ3) is 3.31. The number of pyridine rings is 2. The first-order valence-electron chi connectivity index (χ1n) is 11.4. The molecule has 0 saturated heterocycles. The first-order chi connectivity index (χ1) is 15.5. The van der Waals surface area contributed by atoms with Gasteiger partial charge in [0.25, 0.3) is 5.56 Å². The van der Waals surface area contributed by atoms with Crippen LogP contribution in [0.5, 0.6) is 0 Å². The van der Waals surface area contributed by atoms with E-state index in [0.29, 0.717) is 29.1 Å². The Bertz CT molecular complexity index is 1390. The maximum Gasteiger partial charge on any atom is 0.343 e. The molecule has 0 radical (unpaired) electrons. The first kappa shape index (κ1) is 21.9. The van der Waals surface area contributed by atoms with Crippen LogP contribution in [0, 0.1) is 0 Å². The lowest BCUT2D eigenvalue weighted by Gasteiger charge is -2.31. The molecule has 1 aromatic carbocycles. The van der Waals surface area contributed by atoms with Crippen molar-refractivity contribution < 1.29 is 14.6 Å². The Hall–Kier alpha value is -2.97. The van der Waals surface area contributed by atoms with Crippen molar-refractivity contribution in [2.75, 3.05) is 5.73 Å². The summed E-state index contributed by atoms with van der Waals surface area (Å²) in [7, 11) is -1.32. The van der Waals surface area contributed by atoms with Gasteiger partial charge in [0.05, 0.1) is 29.0 Å². The van der Waals surface area contributed by atoms with Crippen LogP contribution >= 0.6 is 0 Å². The van der Waals surface area contributed by atoms with Crippen LogP contribution in [0.25, 0.3) is 22.3 Å². The highest BCUT2D eigenvalue weighted by molar-refractivity contribution is 6.76. The highest BCUT2D eigenvalue weighted by Gasteiger charge is 2.45. The molecule has 0 amide bonds. The molecule has 172 valence electrons. The van der Waals surface area contributed by atoms with Gasteiger partial charge in [0.15, 0.2) is 5.60 Å². The number of anilines is 1. The van der Waals surface area contributed by atoms with Gasteiger partial charge in [0.1, 0.15) is 6.61 Å². The Morgan fingerprint density at radius 1 is 1.21 bits per heavy atom. The number of hydrogen-bond donors (Lipinski definition) is 2. The highest BCUT2D eigenvalue weighted by Crippen LogP contribution is 2.41. The molecule has 5 rings (SSSR count). The number of aryl methyl sites for hydroxylation is 1. The number of fused-ring (bicyclic) bond motifs is 5. The van der Waals surface area contributed by atoms with Crippen LogP contribution in [0.15, 0.2) is 29.1 Å². The topological polar surface area (TPSA) is 107 Å². The number of carbonyl (C=O) groups is 1. The summed E-state index contributed by atoms with van der Waals surface area (Å²) < 4.78 is 6.88. The van der Waals surface area contributed by atoms with Crippen molar-refractivity contribution in [3.05, 3.63) is 56.9 Å². The standard InChI is InChI=1S/C25H29N3O4Si/c1-5-25(31)19-11-21-22-17(12-28(21)23(29)18(19)13-32-24(25)30)15(8-9-33(2,3)4)16-10-14(26)6-7-20(16)27-22/h6-7,10-11,31H,5,8-9,12-13,26H2,1-4H3/t25-/m0/s1. The second-order valence-electron chi connectivity index (χ2n) is 10.4. The number of carbonyl (C=O) groups excluding carboxylic acids is 1. The Kier molecular flexibility index (Phi) is 4.81. The quantitative estimate of drug-likeness (QED) is 0.272. The molecular weight excluding hydrogens is 434 g/mol. The molecule has 0 aliphatic carbocycles. The van der Waals surface area contributed by atoms with Gasteiger partial charge in [0.2, 0.25) is 0 Å². The van der Waals surface area contributed by atoms with Crippen LogP contribution in [0.3, 0.4) is 0 Å². The van der Waals surface area contributed by atoms with Crippen LogP contribution in [0.4, 0.5) is 5.69 Å². The Morgan fingerprint density at radius 3 is 2.67 bits per heavy atom. The smallest absolute Gasteiger partial charge is 0.343 e. The maximum atomic E-state index is 13.5. The van der Waals surface area contributed by atoms with Crippen molar-refractivity contribution in [2.45, 2.75) is 64.2 Å². The minimum Gasteiger partial charge on any atom is -0.458 e. The molecule has 4 heterocycles. The van der Waals surface area contributed by atoms with E-state index >= 15 is 0 Å². The normalized spacial score (nSPS) is 19.2. The third-order valence-corrected chi connectivity index (χ3v) is 8.70. The van der Waals surface area contributed by atoms with Crippen molar-refractivity contribution in [3.8, 4) is 11.4 Å². The number of nitrogens with zero attached hydrogens (tertiary/aromatic N) is 2. The van der Waals surface area contributed by atoms with Gasteiger partial charge in [0, 0.05) is 30.3 Å². The molecule has 33 heavy (non-hydrogen) atoms. The van der Waals surface area contributed by atoms with E-state index in [9.17, 15) is 14.7 Å². The van der Waals surface area contributed by atoms with E-state index < -0.39 is 19.6 Å². The van der Waals surface area contributed by atoms with Gasteiger partial charge in [-0.25, -0.2) is 9.78 Å². The van der Waals surface area contributed by atoms with Crippen LogP contribution in [-0.2, 0) is 34.7 Å². The minimum absolute atomic E-state index is 0.125. The monoisotopic (exact) mass is 463 g/mol. The maximum absolute atomic E-state index is 13.5. The lowest BCUT2D eigenvalue weighted by atomic mass is 9.86. The van der Waals surface area contributed by atoms with Gasteiger partial charge in [-0.3, -0.25) is 4.79 Å². The van der Waals surface area contributed by atoms with E-state index in [4.69, 9.17) is 15.5 Å². The predicted octanol–water partition coefficient (Wildman–Crippen LogP) is 3.54. The summed E-state index contributed by atoms with van der Waals surface area (Å²) in [6, 6.07) is 8.60. The SMILES string of the molecule is CC[C@@]1(O)C(=O)OCc2c1cc1n(c2=O)Cc2c-1nc1ccc(N)cc1c2CC[Si](C)(C)C. The number of hydrogen-bond acceptors (Lipinski definition) is 6. The molecular formula is C25H29N3O4Si. The van der Waals surface area contributed by atoms with Gasteiger partial charge in [-0.05, 0) is 42.7 Å². The molecule has 8 heteroatoms. The van der Waals surface area contributed by atoms with Crippen molar-refractivity contribution >= 4 is 30.6 Å². The zero-order valence-electron chi connectivity index (χ0n) is 19.5. The lowest BCUT2D eigenvalue weighted by Crippen LogP contribution is -2.44. The summed E-state index contributed by atoms with van der Waals surface area (Å²) in [6.45, 7) is 9.04. The molecule has 3 N–H and O–H groups in total. The molecule has 1 atom stereocenters. The molecule has 0 spiro atoms. The van der Waals surface area contributed by atoms with E-state index in [1.807, 2.05) is 18.2 Å². The van der Waals surface area contributed by atoms with Crippen molar-refractivity contribution in [2.24, 2.45) is 0 Å². The largest absolute Gasteiger partial charge is 0.458 e. The molecule has 7 nitrogen and oxygen atoms in total. The Balaban J connectivity index is 1.77. The first-order valence-corrected chi connectivity index (χ1v) is 15.1. The molecule has 0 bridgehead atoms. The average Bonchev–Trinajstić information content (AvgIpc) is 3.12. The van der Waals surface area contributed by atoms with E-state index in [0.717, 1.165) is 34.6 Å². The number of aliphatic hydroxyl groups is 1. The molecule has 0 fully saturated rings. The summed E-state index contributed by atoms with van der Waals surface area (Å²) in [6.07, 6.45) is 1.02. The number of aromatic nitrogens is 2. The van der Waals surface area contributed by atoms with Crippen LogP contribution in [0.1, 0.15) is 35.6 Å². The molecule has 0 saturated carbocycles. The number of cyclic esters (lactones) is 1. The van der Waals surface area contributed by atoms with Gasteiger partial charge in [-0.15, -0.1) is 0 Å². The van der Waals surface area contributed by atoms with Gasteiger partial charge < -0.3 is 20.1 Å². The second-order valence-corrected chi connectivity index (χ2v) is 16.0. The summed E-state index contributed by atoms with van der Waals surface area (Å²) in [5.74, 6) is -0.710. The van der Waals surface area contributed by atoms with E-state index in [1.165, 1.54) is 5.56 Å². The number of rotatable bonds is 4. The molecule has 2 aliphatic rings. The Labute approximate surface area is 193 Å². The highest BCUT2D eigenvalue weighted by atomic mass is 28.3. The lowest BCUT2D eigenvalue weighted by molar-refractivity contribution is -0.172. The summed E-state index contributed by atoms with van der Waals surface area (Å²) in [4.78, 5) is 30.8. The van der Waals surface area contributed by atoms with E-state index in [-0.39, 0.29) is 18.6 Å². The number of nitrogens with two attached hydrogens (primary N) is 1. The number of benzene rings is 1. The van der Waals surface area contributed by atoms with Crippen molar-refractivity contribution in [1.29, 1.82) is 0 Å².